The number of hydrogen-bond acceptors (Lipinski definition) is 2. The van der Waals surface area contributed by atoms with E-state index in [0.29, 0.717) is 5.56 Å². The van der Waals surface area contributed by atoms with Crippen LogP contribution in [0.1, 0.15) is 48.5 Å². The molecule has 122 valence electrons. The van der Waals surface area contributed by atoms with Gasteiger partial charge in [0.15, 0.2) is 0 Å². The number of nitrogens with one attached hydrogen (secondary N) is 1. The molecule has 1 N–H and O–H groups in total. The van der Waals surface area contributed by atoms with Crippen molar-refractivity contribution < 1.29 is 9.53 Å². The van der Waals surface area contributed by atoms with E-state index in [4.69, 9.17) is 4.74 Å². The van der Waals surface area contributed by atoms with E-state index in [-0.39, 0.29) is 5.91 Å². The minimum atomic E-state index is -0.0954. The van der Waals surface area contributed by atoms with Crippen LogP contribution in [0, 0.1) is 6.92 Å². The Labute approximate surface area is 138 Å². The Morgan fingerprint density at radius 1 is 1.04 bits per heavy atom. The predicted octanol–water partition coefficient (Wildman–Crippen LogP) is 5.21. The molecule has 0 aliphatic rings. The summed E-state index contributed by atoms with van der Waals surface area (Å²) in [5.74, 6) is 0.747. The molecule has 0 saturated heterocycles. The van der Waals surface area contributed by atoms with Gasteiger partial charge in [-0.25, -0.2) is 0 Å². The van der Waals surface area contributed by atoms with Crippen LogP contribution >= 0.6 is 0 Å². The number of aryl methyl sites for hydroxylation is 1. The van der Waals surface area contributed by atoms with Crippen LogP contribution in [0.3, 0.4) is 0 Å². The zero-order chi connectivity index (χ0) is 16.5. The van der Waals surface area contributed by atoms with Crippen LogP contribution in [0.4, 0.5) is 5.69 Å². The van der Waals surface area contributed by atoms with E-state index in [1.165, 1.54) is 19.3 Å². The van der Waals surface area contributed by atoms with E-state index in [2.05, 4.69) is 12.2 Å². The second-order valence-corrected chi connectivity index (χ2v) is 5.76. The Balaban J connectivity index is 1.83. The molecule has 0 atom stereocenters. The minimum absolute atomic E-state index is 0.0954. The van der Waals surface area contributed by atoms with Gasteiger partial charge < -0.3 is 10.1 Å². The first kappa shape index (κ1) is 17.1. The van der Waals surface area contributed by atoms with Crippen LogP contribution in [0.2, 0.25) is 0 Å². The number of carbonyl (C=O) groups is 1. The zero-order valence-electron chi connectivity index (χ0n) is 14.0. The van der Waals surface area contributed by atoms with Crippen molar-refractivity contribution in [2.45, 2.75) is 39.5 Å². The van der Waals surface area contributed by atoms with Crippen molar-refractivity contribution in [2.24, 2.45) is 0 Å². The second-order valence-electron chi connectivity index (χ2n) is 5.76. The first-order valence-corrected chi connectivity index (χ1v) is 8.30. The lowest BCUT2D eigenvalue weighted by molar-refractivity contribution is 0.102. The van der Waals surface area contributed by atoms with E-state index < -0.39 is 0 Å². The lowest BCUT2D eigenvalue weighted by Gasteiger charge is -2.08. The van der Waals surface area contributed by atoms with E-state index in [1.54, 1.807) is 0 Å². The molecule has 2 aromatic rings. The highest BCUT2D eigenvalue weighted by atomic mass is 16.5. The van der Waals surface area contributed by atoms with Crippen LogP contribution in [-0.4, -0.2) is 12.5 Å². The van der Waals surface area contributed by atoms with Gasteiger partial charge >= 0.3 is 0 Å². The van der Waals surface area contributed by atoms with Crippen LogP contribution in [0.5, 0.6) is 5.75 Å². The Kier molecular flexibility index (Phi) is 6.67. The fraction of sp³-hybridized carbons (Fsp3) is 0.350. The Morgan fingerprint density at radius 3 is 2.52 bits per heavy atom. The molecular formula is C20H25NO2. The summed E-state index contributed by atoms with van der Waals surface area (Å²) < 4.78 is 5.70. The average molecular weight is 311 g/mol. The van der Waals surface area contributed by atoms with Crippen LogP contribution in [0.25, 0.3) is 0 Å². The lowest BCUT2D eigenvalue weighted by atomic mass is 10.1. The van der Waals surface area contributed by atoms with Crippen LogP contribution < -0.4 is 10.1 Å². The van der Waals surface area contributed by atoms with Crippen molar-refractivity contribution in [3.05, 3.63) is 59.7 Å². The number of ether oxygens (including phenoxy) is 1. The molecule has 0 aromatic heterocycles. The molecule has 3 heteroatoms. The highest BCUT2D eigenvalue weighted by Crippen LogP contribution is 2.17. The van der Waals surface area contributed by atoms with Crippen molar-refractivity contribution in [3.8, 4) is 5.75 Å². The van der Waals surface area contributed by atoms with Gasteiger partial charge in [0.25, 0.3) is 5.91 Å². The van der Waals surface area contributed by atoms with E-state index in [1.807, 2.05) is 55.5 Å². The highest BCUT2D eigenvalue weighted by molar-refractivity contribution is 6.04. The SMILES string of the molecule is CCCCCCOc1ccc(NC(=O)c2cccc(C)c2)cc1. The van der Waals surface area contributed by atoms with E-state index >= 15 is 0 Å². The normalized spacial score (nSPS) is 10.3. The summed E-state index contributed by atoms with van der Waals surface area (Å²) in [6.07, 6.45) is 4.78. The molecule has 0 saturated carbocycles. The molecule has 0 bridgehead atoms. The van der Waals surface area contributed by atoms with Crippen LogP contribution in [0.15, 0.2) is 48.5 Å². The van der Waals surface area contributed by atoms with Gasteiger partial charge in [0.1, 0.15) is 5.75 Å². The van der Waals surface area contributed by atoms with Crippen LogP contribution in [-0.2, 0) is 0 Å². The average Bonchev–Trinajstić information content (AvgIpc) is 2.56. The Bertz CT molecular complexity index is 620. The first-order valence-electron chi connectivity index (χ1n) is 8.30. The maximum Gasteiger partial charge on any atom is 0.255 e. The van der Waals surface area contributed by atoms with Gasteiger partial charge in [-0.05, 0) is 49.7 Å². The molecule has 0 aliphatic carbocycles. The van der Waals surface area contributed by atoms with E-state index in [9.17, 15) is 4.79 Å². The Hall–Kier alpha value is -2.29. The molecule has 0 heterocycles. The monoisotopic (exact) mass is 311 g/mol. The maximum atomic E-state index is 12.2. The molecule has 0 radical (unpaired) electrons. The molecule has 23 heavy (non-hydrogen) atoms. The summed E-state index contributed by atoms with van der Waals surface area (Å²) in [5, 5.41) is 2.90. The van der Waals surface area contributed by atoms with Gasteiger partial charge in [0.05, 0.1) is 6.61 Å². The van der Waals surface area contributed by atoms with Gasteiger partial charge in [-0.1, -0.05) is 43.9 Å². The molecule has 0 fully saturated rings. The molecular weight excluding hydrogens is 286 g/mol. The summed E-state index contributed by atoms with van der Waals surface area (Å²) >= 11 is 0. The number of amides is 1. The third-order valence-electron chi connectivity index (χ3n) is 3.66. The molecule has 0 unspecified atom stereocenters. The summed E-state index contributed by atoms with van der Waals surface area (Å²) in [6.45, 7) is 4.92. The highest BCUT2D eigenvalue weighted by Gasteiger charge is 2.06. The van der Waals surface area contributed by atoms with Crippen molar-refractivity contribution in [1.29, 1.82) is 0 Å². The minimum Gasteiger partial charge on any atom is -0.494 e. The molecule has 1 amide bonds. The molecule has 2 rings (SSSR count). The van der Waals surface area contributed by atoms with Crippen molar-refractivity contribution >= 4 is 11.6 Å². The molecule has 0 aliphatic heterocycles. The Morgan fingerprint density at radius 2 is 1.83 bits per heavy atom. The number of hydrogen-bond donors (Lipinski definition) is 1. The number of unbranched alkanes of at least 4 members (excludes halogenated alkanes) is 3. The molecule has 2 aromatic carbocycles. The lowest BCUT2D eigenvalue weighted by Crippen LogP contribution is -2.11. The zero-order valence-corrected chi connectivity index (χ0v) is 14.0. The summed E-state index contributed by atoms with van der Waals surface area (Å²) in [4.78, 5) is 12.2. The number of anilines is 1. The molecule has 0 spiro atoms. The maximum absolute atomic E-state index is 12.2. The second kappa shape index (κ2) is 8.99. The number of carbonyl (C=O) groups excluding carboxylic acids is 1. The molecule has 3 nitrogen and oxygen atoms in total. The van der Waals surface area contributed by atoms with Crippen molar-refractivity contribution in [1.82, 2.24) is 0 Å². The number of rotatable bonds is 8. The predicted molar refractivity (Wildman–Crippen MR) is 95.2 cm³/mol. The smallest absolute Gasteiger partial charge is 0.255 e. The fourth-order valence-electron chi connectivity index (χ4n) is 2.34. The van der Waals surface area contributed by atoms with Crippen molar-refractivity contribution in [2.75, 3.05) is 11.9 Å². The van der Waals surface area contributed by atoms with Gasteiger partial charge in [0, 0.05) is 11.3 Å². The third-order valence-corrected chi connectivity index (χ3v) is 3.66. The summed E-state index contributed by atoms with van der Waals surface area (Å²) in [7, 11) is 0. The number of benzene rings is 2. The summed E-state index contributed by atoms with van der Waals surface area (Å²) in [6, 6.07) is 15.1. The van der Waals surface area contributed by atoms with Gasteiger partial charge in [-0.15, -0.1) is 0 Å². The topological polar surface area (TPSA) is 38.3 Å². The van der Waals surface area contributed by atoms with Gasteiger partial charge in [0.2, 0.25) is 0 Å². The fourth-order valence-corrected chi connectivity index (χ4v) is 2.34. The van der Waals surface area contributed by atoms with E-state index in [0.717, 1.165) is 30.0 Å². The quantitative estimate of drug-likeness (QED) is 0.680. The van der Waals surface area contributed by atoms with Gasteiger partial charge in [-0.2, -0.15) is 0 Å². The van der Waals surface area contributed by atoms with Crippen molar-refractivity contribution in [3.63, 3.8) is 0 Å². The largest absolute Gasteiger partial charge is 0.494 e. The third kappa shape index (κ3) is 5.78. The first-order chi connectivity index (χ1) is 11.2. The van der Waals surface area contributed by atoms with Gasteiger partial charge in [-0.3, -0.25) is 4.79 Å². The summed E-state index contributed by atoms with van der Waals surface area (Å²) in [5.41, 5.74) is 2.51. The standard InChI is InChI=1S/C20H25NO2/c1-3-4-5-6-14-23-19-12-10-18(11-13-19)21-20(22)17-9-7-8-16(2)15-17/h7-13,15H,3-6,14H2,1-2H3,(H,21,22).